The van der Waals surface area contributed by atoms with Crippen molar-refractivity contribution in [2.24, 2.45) is 0 Å². The molecule has 1 aliphatic rings. The first kappa shape index (κ1) is 20.5. The molecule has 156 valence electrons. The highest BCUT2D eigenvalue weighted by Crippen LogP contribution is 2.25. The number of aromatic nitrogens is 2. The Kier molecular flexibility index (Phi) is 6.60. The number of carbonyl (C=O) groups is 1. The normalized spacial score (nSPS) is 13.9. The minimum absolute atomic E-state index is 0.0509. The van der Waals surface area contributed by atoms with Crippen LogP contribution in [0.4, 0.5) is 36.7 Å². The van der Waals surface area contributed by atoms with Gasteiger partial charge in [0.2, 0.25) is 5.95 Å². The highest BCUT2D eigenvalue weighted by Gasteiger charge is 2.18. The standard InChI is InChI=1S/C18H22F2N6O3/c1-25(2)15-14(11-21-17(24-15)26-6-8-28-9-7-26)23-18(27)22-12-4-3-5-13(10-12)29-16(19)20/h3-5,10-11,16H,6-9H2,1-2H3,(H2,22,23,27). The number of nitrogens with one attached hydrogen (secondary N) is 2. The second-order valence-electron chi connectivity index (χ2n) is 6.39. The first-order valence-corrected chi connectivity index (χ1v) is 8.92. The molecule has 29 heavy (non-hydrogen) atoms. The molecular weight excluding hydrogens is 386 g/mol. The van der Waals surface area contributed by atoms with Gasteiger partial charge < -0.3 is 29.9 Å². The van der Waals surface area contributed by atoms with Gasteiger partial charge in [-0.25, -0.2) is 9.78 Å². The summed E-state index contributed by atoms with van der Waals surface area (Å²) in [4.78, 5) is 25.0. The molecule has 0 saturated carbocycles. The molecule has 1 aromatic heterocycles. The fraction of sp³-hybridized carbons (Fsp3) is 0.389. The lowest BCUT2D eigenvalue weighted by Gasteiger charge is -2.28. The van der Waals surface area contributed by atoms with Crippen LogP contribution >= 0.6 is 0 Å². The minimum Gasteiger partial charge on any atom is -0.435 e. The van der Waals surface area contributed by atoms with Crippen LogP contribution in [-0.4, -0.2) is 63.0 Å². The van der Waals surface area contributed by atoms with E-state index in [1.54, 1.807) is 25.1 Å². The van der Waals surface area contributed by atoms with E-state index < -0.39 is 12.6 Å². The van der Waals surface area contributed by atoms with Gasteiger partial charge in [0, 0.05) is 38.9 Å². The van der Waals surface area contributed by atoms with Gasteiger partial charge in [0.15, 0.2) is 5.82 Å². The van der Waals surface area contributed by atoms with Crippen molar-refractivity contribution in [3.8, 4) is 5.75 Å². The third kappa shape index (κ3) is 5.64. The largest absolute Gasteiger partial charge is 0.435 e. The molecule has 1 aromatic carbocycles. The fourth-order valence-electron chi connectivity index (χ4n) is 2.74. The maximum Gasteiger partial charge on any atom is 0.387 e. The van der Waals surface area contributed by atoms with Crippen LogP contribution in [0.5, 0.6) is 5.75 Å². The predicted octanol–water partition coefficient (Wildman–Crippen LogP) is 2.62. The number of benzene rings is 1. The first-order chi connectivity index (χ1) is 13.9. The Bertz CT molecular complexity index is 846. The zero-order valence-corrected chi connectivity index (χ0v) is 16.1. The summed E-state index contributed by atoms with van der Waals surface area (Å²) in [6.45, 7) is -0.341. The lowest BCUT2D eigenvalue weighted by atomic mass is 10.3. The van der Waals surface area contributed by atoms with Crippen molar-refractivity contribution in [2.45, 2.75) is 6.61 Å². The van der Waals surface area contributed by atoms with Crippen molar-refractivity contribution in [3.63, 3.8) is 0 Å². The van der Waals surface area contributed by atoms with Crippen LogP contribution in [-0.2, 0) is 4.74 Å². The molecule has 0 aliphatic carbocycles. The van der Waals surface area contributed by atoms with Crippen molar-refractivity contribution >= 4 is 29.2 Å². The number of amides is 2. The van der Waals surface area contributed by atoms with Gasteiger partial charge in [-0.1, -0.05) is 6.07 Å². The fourth-order valence-corrected chi connectivity index (χ4v) is 2.74. The summed E-state index contributed by atoms with van der Waals surface area (Å²) in [5.41, 5.74) is 0.711. The summed E-state index contributed by atoms with van der Waals surface area (Å²) < 4.78 is 34.3. The summed E-state index contributed by atoms with van der Waals surface area (Å²) in [6.07, 6.45) is 1.53. The minimum atomic E-state index is -2.94. The third-order valence-electron chi connectivity index (χ3n) is 4.04. The second kappa shape index (κ2) is 9.32. The second-order valence-corrected chi connectivity index (χ2v) is 6.39. The van der Waals surface area contributed by atoms with Crippen LogP contribution in [0.2, 0.25) is 0 Å². The molecule has 2 amide bonds. The van der Waals surface area contributed by atoms with Crippen LogP contribution in [0, 0.1) is 0 Å². The van der Waals surface area contributed by atoms with Crippen LogP contribution in [0.15, 0.2) is 30.5 Å². The van der Waals surface area contributed by atoms with Gasteiger partial charge in [0.1, 0.15) is 11.4 Å². The van der Waals surface area contributed by atoms with Crippen molar-refractivity contribution in [1.82, 2.24) is 9.97 Å². The molecule has 0 radical (unpaired) electrons. The van der Waals surface area contributed by atoms with Gasteiger partial charge in [-0.2, -0.15) is 13.8 Å². The van der Waals surface area contributed by atoms with E-state index in [0.717, 1.165) is 0 Å². The monoisotopic (exact) mass is 408 g/mol. The van der Waals surface area contributed by atoms with Gasteiger partial charge in [-0.15, -0.1) is 0 Å². The molecule has 0 bridgehead atoms. The number of hydrogen-bond donors (Lipinski definition) is 2. The van der Waals surface area contributed by atoms with E-state index in [1.165, 1.54) is 24.4 Å². The molecule has 0 unspecified atom stereocenters. The Morgan fingerprint density at radius 1 is 1.28 bits per heavy atom. The zero-order chi connectivity index (χ0) is 20.8. The van der Waals surface area contributed by atoms with Gasteiger partial charge >= 0.3 is 12.6 Å². The summed E-state index contributed by atoms with van der Waals surface area (Å²) in [7, 11) is 3.61. The Labute approximate surface area is 166 Å². The van der Waals surface area contributed by atoms with Crippen LogP contribution < -0.4 is 25.2 Å². The van der Waals surface area contributed by atoms with Crippen LogP contribution in [0.3, 0.4) is 0 Å². The SMILES string of the molecule is CN(C)c1nc(N2CCOCC2)ncc1NC(=O)Nc1cccc(OC(F)F)c1. The molecule has 0 atom stereocenters. The molecular formula is C18H22F2N6O3. The van der Waals surface area contributed by atoms with E-state index in [-0.39, 0.29) is 5.75 Å². The highest BCUT2D eigenvalue weighted by atomic mass is 19.3. The van der Waals surface area contributed by atoms with Crippen molar-refractivity contribution in [1.29, 1.82) is 0 Å². The molecule has 1 fully saturated rings. The van der Waals surface area contributed by atoms with Gasteiger partial charge in [-0.3, -0.25) is 0 Å². The van der Waals surface area contributed by atoms with Crippen LogP contribution in [0.25, 0.3) is 0 Å². The van der Waals surface area contributed by atoms with E-state index in [0.29, 0.717) is 49.4 Å². The third-order valence-corrected chi connectivity index (χ3v) is 4.04. The summed E-state index contributed by atoms with van der Waals surface area (Å²) in [5.74, 6) is 1.04. The number of nitrogens with zero attached hydrogens (tertiary/aromatic N) is 4. The quantitative estimate of drug-likeness (QED) is 0.759. The molecule has 0 spiro atoms. The molecule has 2 N–H and O–H groups in total. The number of morpholine rings is 1. The highest BCUT2D eigenvalue weighted by molar-refractivity contribution is 6.01. The first-order valence-electron chi connectivity index (χ1n) is 8.92. The molecule has 9 nitrogen and oxygen atoms in total. The van der Waals surface area contributed by atoms with Gasteiger partial charge in [0.25, 0.3) is 0 Å². The van der Waals surface area contributed by atoms with Crippen molar-refractivity contribution in [3.05, 3.63) is 30.5 Å². The lowest BCUT2D eigenvalue weighted by molar-refractivity contribution is -0.0497. The van der Waals surface area contributed by atoms with E-state index in [9.17, 15) is 13.6 Å². The zero-order valence-electron chi connectivity index (χ0n) is 16.1. The summed E-state index contributed by atoms with van der Waals surface area (Å²) >= 11 is 0. The van der Waals surface area contributed by atoms with Crippen molar-refractivity contribution < 1.29 is 23.0 Å². The van der Waals surface area contributed by atoms with E-state index >= 15 is 0 Å². The maximum atomic E-state index is 12.4. The van der Waals surface area contributed by atoms with E-state index in [4.69, 9.17) is 4.74 Å². The van der Waals surface area contributed by atoms with Gasteiger partial charge in [-0.05, 0) is 12.1 Å². The molecule has 1 aliphatic heterocycles. The molecule has 2 aromatic rings. The maximum absolute atomic E-state index is 12.4. The van der Waals surface area contributed by atoms with Gasteiger partial charge in [0.05, 0.1) is 19.4 Å². The smallest absolute Gasteiger partial charge is 0.387 e. The Balaban J connectivity index is 1.71. The summed E-state index contributed by atoms with van der Waals surface area (Å²) in [5, 5.41) is 5.25. The Morgan fingerprint density at radius 3 is 2.72 bits per heavy atom. The van der Waals surface area contributed by atoms with Crippen LogP contribution in [0.1, 0.15) is 0 Å². The van der Waals surface area contributed by atoms with Crippen molar-refractivity contribution in [2.75, 3.05) is 60.8 Å². The average molecular weight is 408 g/mol. The lowest BCUT2D eigenvalue weighted by Crippen LogP contribution is -2.37. The number of halogens is 2. The average Bonchev–Trinajstić information content (AvgIpc) is 2.68. The molecule has 3 rings (SSSR count). The number of rotatable bonds is 6. The topological polar surface area (TPSA) is 91.9 Å². The number of hydrogen-bond acceptors (Lipinski definition) is 7. The number of carbonyl (C=O) groups excluding carboxylic acids is 1. The number of anilines is 4. The van der Waals surface area contributed by atoms with E-state index in [1.807, 2.05) is 4.90 Å². The Hall–Kier alpha value is -3.21. The number of urea groups is 1. The number of alkyl halides is 2. The Morgan fingerprint density at radius 2 is 2.03 bits per heavy atom. The van der Waals surface area contributed by atoms with E-state index in [2.05, 4.69) is 25.3 Å². The molecule has 2 heterocycles. The molecule has 1 saturated heterocycles. The summed E-state index contributed by atoms with van der Waals surface area (Å²) in [6, 6.07) is 5.17. The molecule has 11 heteroatoms. The number of ether oxygens (including phenoxy) is 2. The predicted molar refractivity (Wildman–Crippen MR) is 105 cm³/mol.